The number of phenols is 1. The van der Waals surface area contributed by atoms with E-state index in [0.29, 0.717) is 18.4 Å². The Bertz CT molecular complexity index is 885. The van der Waals surface area contributed by atoms with Gasteiger partial charge in [0.1, 0.15) is 0 Å². The lowest BCUT2D eigenvalue weighted by molar-refractivity contribution is -0.138. The van der Waals surface area contributed by atoms with Crippen LogP contribution in [0.2, 0.25) is 0 Å². The SMILES string of the molecule is C.C.CCC(CC(=O)O)c1cccc(O)c1F.CCC(CC(=O)O)c1cccc(OC)c1F. The Morgan fingerprint density at radius 3 is 1.67 bits per heavy atom. The number of phenolic OH excluding ortho intramolecular Hbond substituents is 1. The number of carboxylic acid groups (broad SMARTS) is 2. The van der Waals surface area contributed by atoms with Crippen LogP contribution in [0.5, 0.6) is 11.5 Å². The fourth-order valence-electron chi connectivity index (χ4n) is 3.22. The molecule has 8 heteroatoms. The van der Waals surface area contributed by atoms with Gasteiger partial charge < -0.3 is 20.1 Å². The smallest absolute Gasteiger partial charge is 0.303 e. The zero-order valence-corrected chi connectivity index (χ0v) is 17.8. The van der Waals surface area contributed by atoms with Crippen LogP contribution >= 0.6 is 0 Å². The molecule has 186 valence electrons. The highest BCUT2D eigenvalue weighted by atomic mass is 19.1. The first kappa shape index (κ1) is 32.0. The zero-order chi connectivity index (χ0) is 23.6. The van der Waals surface area contributed by atoms with E-state index in [9.17, 15) is 18.4 Å². The van der Waals surface area contributed by atoms with E-state index in [0.717, 1.165) is 0 Å². The number of aliphatic carboxylic acids is 2. The molecule has 0 heterocycles. The van der Waals surface area contributed by atoms with Gasteiger partial charge >= 0.3 is 11.9 Å². The molecule has 0 aliphatic carbocycles. The summed E-state index contributed by atoms with van der Waals surface area (Å²) in [7, 11) is 1.39. The number of ether oxygens (including phenoxy) is 1. The second-order valence-corrected chi connectivity index (χ2v) is 6.95. The number of carbonyl (C=O) groups is 2. The molecule has 33 heavy (non-hydrogen) atoms. The van der Waals surface area contributed by atoms with Crippen LogP contribution < -0.4 is 4.74 Å². The third kappa shape index (κ3) is 9.47. The largest absolute Gasteiger partial charge is 0.505 e. The second-order valence-electron chi connectivity index (χ2n) is 6.95. The summed E-state index contributed by atoms with van der Waals surface area (Å²) in [6.45, 7) is 3.63. The van der Waals surface area contributed by atoms with Crippen LogP contribution in [-0.4, -0.2) is 34.4 Å². The molecule has 0 aliphatic rings. The number of rotatable bonds is 9. The van der Waals surface area contributed by atoms with E-state index in [1.165, 1.54) is 31.4 Å². The van der Waals surface area contributed by atoms with Crippen LogP contribution in [0, 0.1) is 11.6 Å². The maximum absolute atomic E-state index is 13.8. The minimum absolute atomic E-state index is 0. The van der Waals surface area contributed by atoms with Crippen molar-refractivity contribution in [2.24, 2.45) is 0 Å². The van der Waals surface area contributed by atoms with Crippen molar-refractivity contribution in [3.05, 3.63) is 59.2 Å². The fraction of sp³-hybridized carbons (Fsp3) is 0.440. The summed E-state index contributed by atoms with van der Waals surface area (Å²) in [4.78, 5) is 21.2. The number of aromatic hydroxyl groups is 1. The average Bonchev–Trinajstić information content (AvgIpc) is 2.73. The van der Waals surface area contributed by atoms with E-state index in [-0.39, 0.29) is 44.9 Å². The van der Waals surface area contributed by atoms with E-state index < -0.39 is 35.2 Å². The van der Waals surface area contributed by atoms with Gasteiger partial charge in [-0.05, 0) is 47.9 Å². The molecule has 2 atom stereocenters. The molecule has 3 N–H and O–H groups in total. The molecule has 0 aliphatic heterocycles. The third-order valence-corrected chi connectivity index (χ3v) is 4.93. The first-order chi connectivity index (χ1) is 14.7. The molecule has 6 nitrogen and oxygen atoms in total. The van der Waals surface area contributed by atoms with Gasteiger partial charge in [0.15, 0.2) is 23.1 Å². The number of halogens is 2. The first-order valence-corrected chi connectivity index (χ1v) is 9.89. The van der Waals surface area contributed by atoms with Gasteiger partial charge in [0, 0.05) is 0 Å². The first-order valence-electron chi connectivity index (χ1n) is 9.89. The maximum Gasteiger partial charge on any atom is 0.303 e. The predicted molar refractivity (Wildman–Crippen MR) is 125 cm³/mol. The van der Waals surface area contributed by atoms with Crippen molar-refractivity contribution in [3.63, 3.8) is 0 Å². The lowest BCUT2D eigenvalue weighted by atomic mass is 9.92. The van der Waals surface area contributed by atoms with Gasteiger partial charge in [0.05, 0.1) is 20.0 Å². The Balaban J connectivity index is 0. The minimum atomic E-state index is -0.968. The Labute approximate surface area is 194 Å². The van der Waals surface area contributed by atoms with Gasteiger partial charge in [-0.25, -0.2) is 8.78 Å². The highest BCUT2D eigenvalue weighted by Crippen LogP contribution is 2.31. The second kappa shape index (κ2) is 15.6. The van der Waals surface area contributed by atoms with Crippen molar-refractivity contribution in [1.82, 2.24) is 0 Å². The van der Waals surface area contributed by atoms with E-state index in [1.54, 1.807) is 19.1 Å². The number of methoxy groups -OCH3 is 1. The van der Waals surface area contributed by atoms with E-state index in [1.807, 2.05) is 6.92 Å². The summed E-state index contributed by atoms with van der Waals surface area (Å²) in [6.07, 6.45) is 0.903. The molecule has 0 saturated heterocycles. The molecule has 0 spiro atoms. The molecule has 0 fully saturated rings. The molecule has 2 aromatic carbocycles. The molecule has 2 unspecified atom stereocenters. The third-order valence-electron chi connectivity index (χ3n) is 4.93. The Hall–Kier alpha value is -3.16. The molecular weight excluding hydrogens is 434 g/mol. The lowest BCUT2D eigenvalue weighted by Gasteiger charge is -2.15. The summed E-state index contributed by atoms with van der Waals surface area (Å²) in [5, 5.41) is 26.5. The highest BCUT2D eigenvalue weighted by Gasteiger charge is 2.20. The summed E-state index contributed by atoms with van der Waals surface area (Å²) < 4.78 is 32.2. The zero-order valence-electron chi connectivity index (χ0n) is 17.8. The van der Waals surface area contributed by atoms with Crippen LogP contribution in [0.15, 0.2) is 36.4 Å². The standard InChI is InChI=1S/C12H15FO3.C11H13FO3.2CH4/c1-3-8(7-11(14)15)9-5-4-6-10(16-2)12(9)13;1-2-7(6-10(14)15)8-4-3-5-9(13)11(8)12;;/h4-6,8H,3,7H2,1-2H3,(H,14,15);3-5,7,13H,2,6H2,1H3,(H,14,15);2*1H4. The topological polar surface area (TPSA) is 104 Å². The van der Waals surface area contributed by atoms with Crippen molar-refractivity contribution in [3.8, 4) is 11.5 Å². The molecule has 2 aromatic rings. The van der Waals surface area contributed by atoms with Crippen LogP contribution in [0.25, 0.3) is 0 Å². The highest BCUT2D eigenvalue weighted by molar-refractivity contribution is 5.68. The van der Waals surface area contributed by atoms with Crippen LogP contribution in [-0.2, 0) is 9.59 Å². The number of hydrogen-bond acceptors (Lipinski definition) is 4. The van der Waals surface area contributed by atoms with Crippen LogP contribution in [0.4, 0.5) is 8.78 Å². The maximum atomic E-state index is 13.8. The molecule has 0 bridgehead atoms. The summed E-state index contributed by atoms with van der Waals surface area (Å²) in [6, 6.07) is 9.06. The Kier molecular flexibility index (Phi) is 15.1. The molecule has 0 aromatic heterocycles. The molecule has 2 rings (SSSR count). The average molecular weight is 471 g/mol. The van der Waals surface area contributed by atoms with Gasteiger partial charge in [-0.15, -0.1) is 0 Å². The summed E-state index contributed by atoms with van der Waals surface area (Å²) in [5.41, 5.74) is 0.671. The monoisotopic (exact) mass is 470 g/mol. The molecular formula is C25H36F2O6. The summed E-state index contributed by atoms with van der Waals surface area (Å²) >= 11 is 0. The Morgan fingerprint density at radius 1 is 0.848 bits per heavy atom. The van der Waals surface area contributed by atoms with Gasteiger partial charge in [0.2, 0.25) is 0 Å². The molecule has 0 saturated carbocycles. The van der Waals surface area contributed by atoms with Crippen molar-refractivity contribution < 1.29 is 38.4 Å². The van der Waals surface area contributed by atoms with Gasteiger partial charge in [-0.1, -0.05) is 53.0 Å². The van der Waals surface area contributed by atoms with E-state index >= 15 is 0 Å². The van der Waals surface area contributed by atoms with Gasteiger partial charge in [-0.3, -0.25) is 9.59 Å². The quantitative estimate of drug-likeness (QED) is 0.383. The van der Waals surface area contributed by atoms with E-state index in [4.69, 9.17) is 20.1 Å². The lowest BCUT2D eigenvalue weighted by Crippen LogP contribution is -2.08. The van der Waals surface area contributed by atoms with Crippen molar-refractivity contribution in [2.45, 2.75) is 66.2 Å². The minimum Gasteiger partial charge on any atom is -0.505 e. The molecule has 0 amide bonds. The summed E-state index contributed by atoms with van der Waals surface area (Å²) in [5.74, 6) is -4.05. The number of hydrogen-bond donors (Lipinski definition) is 3. The van der Waals surface area contributed by atoms with Crippen molar-refractivity contribution in [1.29, 1.82) is 0 Å². The predicted octanol–water partition coefficient (Wildman–Crippen LogP) is 6.57. The van der Waals surface area contributed by atoms with Gasteiger partial charge in [-0.2, -0.15) is 0 Å². The van der Waals surface area contributed by atoms with Gasteiger partial charge in [0.25, 0.3) is 0 Å². The number of carboxylic acids is 2. The number of benzene rings is 2. The normalized spacial score (nSPS) is 11.5. The van der Waals surface area contributed by atoms with E-state index in [2.05, 4.69) is 0 Å². The van der Waals surface area contributed by atoms with Crippen LogP contribution in [0.1, 0.15) is 77.3 Å². The van der Waals surface area contributed by atoms with Crippen molar-refractivity contribution in [2.75, 3.05) is 7.11 Å². The van der Waals surface area contributed by atoms with Crippen LogP contribution in [0.3, 0.4) is 0 Å². The fourth-order valence-corrected chi connectivity index (χ4v) is 3.22. The molecule has 0 radical (unpaired) electrons. The Morgan fingerprint density at radius 2 is 1.27 bits per heavy atom. The van der Waals surface area contributed by atoms with Crippen molar-refractivity contribution >= 4 is 11.9 Å².